The van der Waals surface area contributed by atoms with Crippen molar-refractivity contribution in [3.63, 3.8) is 0 Å². The third kappa shape index (κ3) is 4.00. The van der Waals surface area contributed by atoms with Crippen LogP contribution in [0.15, 0.2) is 24.3 Å². The van der Waals surface area contributed by atoms with Crippen molar-refractivity contribution < 1.29 is 9.63 Å². The highest BCUT2D eigenvalue weighted by molar-refractivity contribution is 5.88. The lowest BCUT2D eigenvalue weighted by Gasteiger charge is -2.14. The molecule has 0 radical (unpaired) electrons. The maximum absolute atomic E-state index is 10.9. The molecule has 2 N–H and O–H groups in total. The van der Waals surface area contributed by atoms with E-state index in [9.17, 15) is 4.79 Å². The van der Waals surface area contributed by atoms with Crippen molar-refractivity contribution in [1.82, 2.24) is 5.48 Å². The van der Waals surface area contributed by atoms with E-state index in [2.05, 4.69) is 10.8 Å². The number of nitrogens with one attached hydrogen (secondary N) is 2. The molecule has 88 valence electrons. The number of carbonyl (C=O) groups is 1. The summed E-state index contributed by atoms with van der Waals surface area (Å²) in [6.45, 7) is 6.04. The molecular weight excluding hydrogens is 204 g/mol. The SMILES string of the molecule is CCONC(C)c1cccc(NC(C)=O)c1. The van der Waals surface area contributed by atoms with Crippen LogP contribution in [-0.2, 0) is 9.63 Å². The Balaban J connectivity index is 2.69. The van der Waals surface area contributed by atoms with E-state index in [0.717, 1.165) is 11.3 Å². The minimum absolute atomic E-state index is 0.0671. The molecule has 0 aliphatic carbocycles. The summed E-state index contributed by atoms with van der Waals surface area (Å²) in [5, 5.41) is 2.75. The van der Waals surface area contributed by atoms with Crippen LogP contribution in [0.5, 0.6) is 0 Å². The number of carbonyl (C=O) groups excluding carboxylic acids is 1. The summed E-state index contributed by atoms with van der Waals surface area (Å²) < 4.78 is 0. The van der Waals surface area contributed by atoms with Gasteiger partial charge in [-0.25, -0.2) is 0 Å². The van der Waals surface area contributed by atoms with Gasteiger partial charge in [0.15, 0.2) is 0 Å². The Morgan fingerprint density at radius 3 is 2.88 bits per heavy atom. The van der Waals surface area contributed by atoms with Crippen LogP contribution in [-0.4, -0.2) is 12.5 Å². The molecule has 0 aliphatic rings. The highest BCUT2D eigenvalue weighted by atomic mass is 16.6. The van der Waals surface area contributed by atoms with Crippen LogP contribution in [0.1, 0.15) is 32.4 Å². The van der Waals surface area contributed by atoms with Gasteiger partial charge in [0.05, 0.1) is 12.6 Å². The number of hydroxylamine groups is 1. The van der Waals surface area contributed by atoms with Gasteiger partial charge in [-0.3, -0.25) is 4.79 Å². The summed E-state index contributed by atoms with van der Waals surface area (Å²) in [5.41, 5.74) is 4.79. The highest BCUT2D eigenvalue weighted by Gasteiger charge is 2.05. The molecule has 0 saturated carbocycles. The van der Waals surface area contributed by atoms with Gasteiger partial charge in [-0.1, -0.05) is 12.1 Å². The quantitative estimate of drug-likeness (QED) is 0.751. The second-order valence-electron chi connectivity index (χ2n) is 3.58. The molecule has 4 nitrogen and oxygen atoms in total. The van der Waals surface area contributed by atoms with Crippen molar-refractivity contribution >= 4 is 11.6 Å². The Morgan fingerprint density at radius 2 is 2.25 bits per heavy atom. The molecule has 0 aromatic heterocycles. The maximum Gasteiger partial charge on any atom is 0.221 e. The fourth-order valence-electron chi connectivity index (χ4n) is 1.37. The van der Waals surface area contributed by atoms with E-state index < -0.39 is 0 Å². The largest absolute Gasteiger partial charge is 0.326 e. The van der Waals surface area contributed by atoms with Gasteiger partial charge in [-0.05, 0) is 31.5 Å². The molecule has 1 unspecified atom stereocenters. The van der Waals surface area contributed by atoms with Gasteiger partial charge in [0.2, 0.25) is 5.91 Å². The van der Waals surface area contributed by atoms with E-state index in [0.29, 0.717) is 6.61 Å². The molecule has 4 heteroatoms. The van der Waals surface area contributed by atoms with Gasteiger partial charge < -0.3 is 10.2 Å². The molecule has 1 amide bonds. The van der Waals surface area contributed by atoms with Gasteiger partial charge in [-0.2, -0.15) is 5.48 Å². The van der Waals surface area contributed by atoms with E-state index in [-0.39, 0.29) is 11.9 Å². The van der Waals surface area contributed by atoms with Gasteiger partial charge >= 0.3 is 0 Å². The van der Waals surface area contributed by atoms with Crippen molar-refractivity contribution in [3.8, 4) is 0 Å². The van der Waals surface area contributed by atoms with Gasteiger partial charge in [-0.15, -0.1) is 0 Å². The van der Waals surface area contributed by atoms with Crippen molar-refractivity contribution in [2.75, 3.05) is 11.9 Å². The van der Waals surface area contributed by atoms with Crippen LogP contribution < -0.4 is 10.8 Å². The lowest BCUT2D eigenvalue weighted by Crippen LogP contribution is -2.19. The fraction of sp³-hybridized carbons (Fsp3) is 0.417. The normalized spacial score (nSPS) is 12.2. The summed E-state index contributed by atoms with van der Waals surface area (Å²) in [6.07, 6.45) is 0. The van der Waals surface area contributed by atoms with E-state index in [4.69, 9.17) is 4.84 Å². The molecule has 1 rings (SSSR count). The Hall–Kier alpha value is -1.39. The number of hydrogen-bond donors (Lipinski definition) is 2. The molecule has 1 aromatic rings. The first kappa shape index (κ1) is 12.7. The van der Waals surface area contributed by atoms with Crippen LogP contribution in [0.2, 0.25) is 0 Å². The highest BCUT2D eigenvalue weighted by Crippen LogP contribution is 2.17. The van der Waals surface area contributed by atoms with Gasteiger partial charge in [0, 0.05) is 12.6 Å². The Labute approximate surface area is 95.9 Å². The third-order valence-corrected chi connectivity index (χ3v) is 2.11. The first-order chi connectivity index (χ1) is 7.63. The van der Waals surface area contributed by atoms with E-state index in [1.807, 2.05) is 38.1 Å². The number of hydrogen-bond acceptors (Lipinski definition) is 3. The molecule has 0 saturated heterocycles. The summed E-state index contributed by atoms with van der Waals surface area (Å²) in [4.78, 5) is 16.0. The first-order valence-electron chi connectivity index (χ1n) is 5.38. The summed E-state index contributed by atoms with van der Waals surface area (Å²) in [6, 6.07) is 7.78. The smallest absolute Gasteiger partial charge is 0.221 e. The predicted octanol–water partition coefficient (Wildman–Crippen LogP) is 2.25. The zero-order valence-corrected chi connectivity index (χ0v) is 9.91. The van der Waals surface area contributed by atoms with E-state index in [1.165, 1.54) is 6.92 Å². The molecule has 0 spiro atoms. The van der Waals surface area contributed by atoms with Crippen LogP contribution in [0.25, 0.3) is 0 Å². The van der Waals surface area contributed by atoms with Crippen LogP contribution in [0.4, 0.5) is 5.69 Å². The zero-order valence-electron chi connectivity index (χ0n) is 9.91. The average molecular weight is 222 g/mol. The monoisotopic (exact) mass is 222 g/mol. The van der Waals surface area contributed by atoms with Crippen molar-refractivity contribution in [3.05, 3.63) is 29.8 Å². The molecule has 0 aliphatic heterocycles. The summed E-state index contributed by atoms with van der Waals surface area (Å²) >= 11 is 0. The third-order valence-electron chi connectivity index (χ3n) is 2.11. The Bertz CT molecular complexity index is 353. The molecule has 0 bridgehead atoms. The molecular formula is C12H18N2O2. The number of rotatable bonds is 5. The lowest BCUT2D eigenvalue weighted by molar-refractivity contribution is -0.114. The van der Waals surface area contributed by atoms with Crippen molar-refractivity contribution in [2.45, 2.75) is 26.8 Å². The lowest BCUT2D eigenvalue weighted by atomic mass is 10.1. The van der Waals surface area contributed by atoms with Crippen molar-refractivity contribution in [1.29, 1.82) is 0 Å². The second-order valence-corrected chi connectivity index (χ2v) is 3.58. The van der Waals surface area contributed by atoms with Gasteiger partial charge in [0.25, 0.3) is 0 Å². The number of benzene rings is 1. The van der Waals surface area contributed by atoms with Crippen molar-refractivity contribution in [2.24, 2.45) is 0 Å². The number of amides is 1. The first-order valence-corrected chi connectivity index (χ1v) is 5.38. The maximum atomic E-state index is 10.9. The zero-order chi connectivity index (χ0) is 12.0. The van der Waals surface area contributed by atoms with Gasteiger partial charge in [0.1, 0.15) is 0 Å². The summed E-state index contributed by atoms with van der Waals surface area (Å²) in [7, 11) is 0. The molecule has 16 heavy (non-hydrogen) atoms. The average Bonchev–Trinajstić information content (AvgIpc) is 2.25. The van der Waals surface area contributed by atoms with Crippen LogP contribution >= 0.6 is 0 Å². The number of anilines is 1. The van der Waals surface area contributed by atoms with E-state index in [1.54, 1.807) is 0 Å². The topological polar surface area (TPSA) is 50.4 Å². The minimum atomic E-state index is -0.0671. The summed E-state index contributed by atoms with van der Waals surface area (Å²) in [5.74, 6) is -0.0671. The van der Waals surface area contributed by atoms with E-state index >= 15 is 0 Å². The Kier molecular flexibility index (Phi) is 4.95. The molecule has 0 fully saturated rings. The van der Waals surface area contributed by atoms with Crippen LogP contribution in [0, 0.1) is 0 Å². The minimum Gasteiger partial charge on any atom is -0.326 e. The molecule has 1 aromatic carbocycles. The standard InChI is InChI=1S/C12H18N2O2/c1-4-16-14-9(2)11-6-5-7-12(8-11)13-10(3)15/h5-9,14H,4H2,1-3H3,(H,13,15). The Morgan fingerprint density at radius 1 is 1.50 bits per heavy atom. The second kappa shape index (κ2) is 6.25. The predicted molar refractivity (Wildman–Crippen MR) is 63.9 cm³/mol. The molecule has 1 atom stereocenters. The fourth-order valence-corrected chi connectivity index (χ4v) is 1.37. The van der Waals surface area contributed by atoms with Crippen LogP contribution in [0.3, 0.4) is 0 Å². The molecule has 0 heterocycles.